The Balaban J connectivity index is 3.22. The molecule has 0 aliphatic rings. The summed E-state index contributed by atoms with van der Waals surface area (Å²) in [6.07, 6.45) is 0. The fraction of sp³-hybridized carbons (Fsp3) is 0.647. The van der Waals surface area contributed by atoms with E-state index >= 15 is 0 Å². The number of hydrogen-bond donors (Lipinski definition) is 1. The van der Waals surface area contributed by atoms with E-state index in [4.69, 9.17) is 4.74 Å². The van der Waals surface area contributed by atoms with Gasteiger partial charge in [0.1, 0.15) is 11.6 Å². The zero-order valence-electron chi connectivity index (χ0n) is 14.2. The van der Waals surface area contributed by atoms with Gasteiger partial charge < -0.3 is 10.1 Å². The quantitative estimate of drug-likeness (QED) is 0.793. The minimum atomic E-state index is -0.222. The number of halogens is 1. The van der Waals surface area contributed by atoms with Gasteiger partial charge in [-0.3, -0.25) is 4.90 Å². The Morgan fingerprint density at radius 3 is 2.29 bits per heavy atom. The Labute approximate surface area is 128 Å². The molecular formula is C17H29FN2O. The average Bonchev–Trinajstić information content (AvgIpc) is 2.46. The third-order valence-corrected chi connectivity index (χ3v) is 4.21. The highest BCUT2D eigenvalue weighted by Gasteiger charge is 2.36. The molecule has 0 fully saturated rings. The van der Waals surface area contributed by atoms with Gasteiger partial charge in [0, 0.05) is 17.2 Å². The molecule has 3 nitrogen and oxygen atoms in total. The predicted octanol–water partition coefficient (Wildman–Crippen LogP) is 3.61. The normalized spacial score (nSPS) is 13.5. The van der Waals surface area contributed by atoms with Crippen LogP contribution in [0, 0.1) is 5.82 Å². The molecule has 1 aromatic rings. The molecule has 0 spiro atoms. The molecule has 1 rings (SSSR count). The first kappa shape index (κ1) is 17.9. The van der Waals surface area contributed by atoms with E-state index in [0.717, 1.165) is 19.6 Å². The summed E-state index contributed by atoms with van der Waals surface area (Å²) in [5.74, 6) is 0.327. The van der Waals surface area contributed by atoms with Gasteiger partial charge in [-0.05, 0) is 39.5 Å². The highest BCUT2D eigenvalue weighted by atomic mass is 19.1. The number of benzene rings is 1. The molecule has 1 aromatic carbocycles. The number of hydrogen-bond acceptors (Lipinski definition) is 3. The first-order valence-electron chi connectivity index (χ1n) is 7.74. The second-order valence-electron chi connectivity index (χ2n) is 5.70. The van der Waals surface area contributed by atoms with Crippen LogP contribution in [-0.2, 0) is 0 Å². The van der Waals surface area contributed by atoms with Gasteiger partial charge >= 0.3 is 0 Å². The molecule has 120 valence electrons. The maximum Gasteiger partial charge on any atom is 0.131 e. The van der Waals surface area contributed by atoms with Crippen molar-refractivity contribution < 1.29 is 9.13 Å². The van der Waals surface area contributed by atoms with Gasteiger partial charge in [-0.2, -0.15) is 0 Å². The first-order valence-corrected chi connectivity index (χ1v) is 7.74. The Morgan fingerprint density at radius 2 is 1.86 bits per heavy atom. The second kappa shape index (κ2) is 7.76. The molecule has 0 saturated carbocycles. The van der Waals surface area contributed by atoms with E-state index in [-0.39, 0.29) is 17.4 Å². The SMILES string of the molecule is CCNC(c1ccc(OC)cc1F)C(C)(C)N(CC)CC. The van der Waals surface area contributed by atoms with Gasteiger partial charge in [-0.15, -0.1) is 0 Å². The van der Waals surface area contributed by atoms with E-state index < -0.39 is 0 Å². The van der Waals surface area contributed by atoms with Crippen LogP contribution in [0.15, 0.2) is 18.2 Å². The highest BCUT2D eigenvalue weighted by molar-refractivity contribution is 5.32. The number of methoxy groups -OCH3 is 1. The second-order valence-corrected chi connectivity index (χ2v) is 5.70. The van der Waals surface area contributed by atoms with Crippen LogP contribution in [0.5, 0.6) is 5.75 Å². The molecule has 0 radical (unpaired) electrons. The molecule has 0 aromatic heterocycles. The molecule has 0 bridgehead atoms. The van der Waals surface area contributed by atoms with E-state index in [1.54, 1.807) is 7.11 Å². The monoisotopic (exact) mass is 296 g/mol. The van der Waals surface area contributed by atoms with Crippen LogP contribution in [0.1, 0.15) is 46.2 Å². The summed E-state index contributed by atoms with van der Waals surface area (Å²) in [4.78, 5) is 2.35. The zero-order chi connectivity index (χ0) is 16.0. The van der Waals surface area contributed by atoms with Gasteiger partial charge in [0.25, 0.3) is 0 Å². The van der Waals surface area contributed by atoms with Crippen molar-refractivity contribution in [2.75, 3.05) is 26.7 Å². The molecule has 21 heavy (non-hydrogen) atoms. The molecule has 0 amide bonds. The maximum absolute atomic E-state index is 14.5. The Kier molecular flexibility index (Phi) is 6.62. The van der Waals surface area contributed by atoms with Gasteiger partial charge in [0.15, 0.2) is 0 Å². The van der Waals surface area contributed by atoms with Crippen LogP contribution in [-0.4, -0.2) is 37.2 Å². The molecule has 0 aliphatic heterocycles. The van der Waals surface area contributed by atoms with Crippen LogP contribution in [0.25, 0.3) is 0 Å². The van der Waals surface area contributed by atoms with Crippen molar-refractivity contribution in [3.8, 4) is 5.75 Å². The smallest absolute Gasteiger partial charge is 0.131 e. The Morgan fingerprint density at radius 1 is 1.24 bits per heavy atom. The summed E-state index contributed by atoms with van der Waals surface area (Å²) in [7, 11) is 1.55. The predicted molar refractivity (Wildman–Crippen MR) is 86.4 cm³/mol. The molecule has 1 N–H and O–H groups in total. The van der Waals surface area contributed by atoms with Crippen molar-refractivity contribution in [3.63, 3.8) is 0 Å². The first-order chi connectivity index (χ1) is 9.92. The fourth-order valence-corrected chi connectivity index (χ4v) is 3.03. The Hall–Kier alpha value is -1.13. The van der Waals surface area contributed by atoms with Gasteiger partial charge in [-0.25, -0.2) is 4.39 Å². The third-order valence-electron chi connectivity index (χ3n) is 4.21. The molecular weight excluding hydrogens is 267 g/mol. The summed E-state index contributed by atoms with van der Waals surface area (Å²) in [6, 6.07) is 5.03. The van der Waals surface area contributed by atoms with E-state index in [0.29, 0.717) is 11.3 Å². The Bertz CT molecular complexity index is 444. The number of ether oxygens (including phenoxy) is 1. The third kappa shape index (κ3) is 3.95. The number of nitrogens with zero attached hydrogens (tertiary/aromatic N) is 1. The van der Waals surface area contributed by atoms with E-state index in [1.807, 2.05) is 19.1 Å². The standard InChI is InChI=1S/C17H29FN2O/c1-7-19-16(17(4,5)20(8-2)9-3)14-11-10-13(21-6)12-15(14)18/h10-12,16,19H,7-9H2,1-6H3. The number of nitrogens with one attached hydrogen (secondary N) is 1. The van der Waals surface area contributed by atoms with Crippen LogP contribution in [0.4, 0.5) is 4.39 Å². The minimum Gasteiger partial charge on any atom is -0.497 e. The molecule has 0 aliphatic carbocycles. The average molecular weight is 296 g/mol. The molecule has 4 heteroatoms. The van der Waals surface area contributed by atoms with Crippen molar-refractivity contribution in [2.24, 2.45) is 0 Å². The lowest BCUT2D eigenvalue weighted by atomic mass is 9.86. The summed E-state index contributed by atoms with van der Waals surface area (Å²) < 4.78 is 19.6. The lowest BCUT2D eigenvalue weighted by molar-refractivity contribution is 0.0903. The van der Waals surface area contributed by atoms with Crippen molar-refractivity contribution in [2.45, 2.75) is 46.2 Å². The van der Waals surface area contributed by atoms with Crippen molar-refractivity contribution in [1.82, 2.24) is 10.2 Å². The zero-order valence-corrected chi connectivity index (χ0v) is 14.2. The van der Waals surface area contributed by atoms with E-state index in [9.17, 15) is 4.39 Å². The van der Waals surface area contributed by atoms with Gasteiger partial charge in [0.2, 0.25) is 0 Å². The summed E-state index contributed by atoms with van der Waals surface area (Å²) in [5.41, 5.74) is 0.504. The van der Waals surface area contributed by atoms with Gasteiger partial charge in [0.05, 0.1) is 13.2 Å². The number of likely N-dealkylation sites (N-methyl/N-ethyl adjacent to an activating group) is 2. The molecule has 0 heterocycles. The topological polar surface area (TPSA) is 24.5 Å². The lowest BCUT2D eigenvalue weighted by Crippen LogP contribution is -2.52. The lowest BCUT2D eigenvalue weighted by Gasteiger charge is -2.44. The van der Waals surface area contributed by atoms with Crippen molar-refractivity contribution >= 4 is 0 Å². The van der Waals surface area contributed by atoms with Crippen molar-refractivity contribution in [3.05, 3.63) is 29.6 Å². The van der Waals surface area contributed by atoms with E-state index in [2.05, 4.69) is 37.9 Å². The summed E-state index contributed by atoms with van der Waals surface area (Å²) >= 11 is 0. The van der Waals surface area contributed by atoms with Crippen LogP contribution in [0.3, 0.4) is 0 Å². The number of rotatable bonds is 8. The molecule has 0 saturated heterocycles. The maximum atomic E-state index is 14.5. The van der Waals surface area contributed by atoms with Crippen LogP contribution >= 0.6 is 0 Å². The van der Waals surface area contributed by atoms with Crippen LogP contribution in [0.2, 0.25) is 0 Å². The highest BCUT2D eigenvalue weighted by Crippen LogP contribution is 2.33. The van der Waals surface area contributed by atoms with Gasteiger partial charge in [-0.1, -0.05) is 26.8 Å². The minimum absolute atomic E-state index is 0.0756. The molecule has 1 unspecified atom stereocenters. The van der Waals surface area contributed by atoms with Crippen molar-refractivity contribution in [1.29, 1.82) is 0 Å². The van der Waals surface area contributed by atoms with Crippen LogP contribution < -0.4 is 10.1 Å². The molecule has 1 atom stereocenters. The summed E-state index contributed by atoms with van der Waals surface area (Å²) in [6.45, 7) is 13.3. The fourth-order valence-electron chi connectivity index (χ4n) is 3.03. The largest absolute Gasteiger partial charge is 0.497 e. The summed E-state index contributed by atoms with van der Waals surface area (Å²) in [5, 5.41) is 3.44. The van der Waals surface area contributed by atoms with E-state index in [1.165, 1.54) is 6.07 Å².